The third-order valence-corrected chi connectivity index (χ3v) is 5.38. The molecule has 1 N–H and O–H groups in total. The number of hydrogen-bond donors (Lipinski definition) is 1. The zero-order chi connectivity index (χ0) is 16.2. The molecule has 1 amide bonds. The van der Waals surface area contributed by atoms with E-state index in [0.717, 1.165) is 10.1 Å². The van der Waals surface area contributed by atoms with Gasteiger partial charge in [0, 0.05) is 5.75 Å². The fourth-order valence-corrected chi connectivity index (χ4v) is 3.62. The molecule has 0 spiro atoms. The zero-order valence-corrected chi connectivity index (χ0v) is 14.4. The molecule has 3 rings (SSSR count). The topological polar surface area (TPSA) is 73.3 Å². The van der Waals surface area contributed by atoms with Gasteiger partial charge in [-0.15, -0.1) is 10.2 Å². The van der Waals surface area contributed by atoms with E-state index in [0.29, 0.717) is 22.5 Å². The summed E-state index contributed by atoms with van der Waals surface area (Å²) in [4.78, 5) is 12.3. The van der Waals surface area contributed by atoms with E-state index in [2.05, 4.69) is 29.4 Å². The molecule has 2 aromatic rings. The molecule has 2 heterocycles. The summed E-state index contributed by atoms with van der Waals surface area (Å²) in [6.45, 7) is 4.47. The van der Waals surface area contributed by atoms with Gasteiger partial charge in [0.1, 0.15) is 6.61 Å². The Bertz CT molecular complexity index is 690. The van der Waals surface area contributed by atoms with Crippen LogP contribution >= 0.6 is 23.1 Å². The first kappa shape index (κ1) is 16.1. The van der Waals surface area contributed by atoms with Gasteiger partial charge in [0.2, 0.25) is 11.2 Å². The van der Waals surface area contributed by atoms with Crippen molar-refractivity contribution in [2.24, 2.45) is 5.92 Å². The number of ether oxygens (including phenoxy) is 2. The van der Waals surface area contributed by atoms with Crippen molar-refractivity contribution in [1.82, 2.24) is 10.2 Å². The summed E-state index contributed by atoms with van der Waals surface area (Å²) < 4.78 is 12.1. The number of amides is 1. The number of hydrogen-bond acceptors (Lipinski definition) is 7. The molecular formula is C15H17N3O3S2. The van der Waals surface area contributed by atoms with Gasteiger partial charge in [0.25, 0.3) is 5.91 Å². The van der Waals surface area contributed by atoms with Gasteiger partial charge in [0.05, 0.1) is 0 Å². The fourth-order valence-electron chi connectivity index (χ4n) is 1.89. The molecule has 0 fully saturated rings. The zero-order valence-electron chi connectivity index (χ0n) is 12.8. The van der Waals surface area contributed by atoms with Gasteiger partial charge in [-0.2, -0.15) is 0 Å². The lowest BCUT2D eigenvalue weighted by Gasteiger charge is -2.25. The average molecular weight is 351 g/mol. The Labute approximate surface area is 142 Å². The normalized spacial score (nSPS) is 16.4. The minimum absolute atomic E-state index is 0.177. The van der Waals surface area contributed by atoms with Crippen molar-refractivity contribution in [3.8, 4) is 11.5 Å². The Hall–Kier alpha value is -1.80. The molecule has 0 radical (unpaired) electrons. The predicted molar refractivity (Wildman–Crippen MR) is 90.5 cm³/mol. The van der Waals surface area contributed by atoms with E-state index in [9.17, 15) is 4.79 Å². The molecule has 0 saturated heterocycles. The standard InChI is InChI=1S/C15H17N3O3S2/c1-9(2)8-22-15-18-17-14(23-15)16-13(19)12-7-20-10-5-3-4-6-11(10)21-12/h3-6,9,12H,7-8H2,1-2H3,(H,16,17,19). The summed E-state index contributed by atoms with van der Waals surface area (Å²) in [7, 11) is 0. The number of anilines is 1. The van der Waals surface area contributed by atoms with Crippen molar-refractivity contribution in [2.45, 2.75) is 24.3 Å². The number of para-hydroxylation sites is 2. The number of carbonyl (C=O) groups is 1. The number of nitrogens with one attached hydrogen (secondary N) is 1. The van der Waals surface area contributed by atoms with Crippen LogP contribution in [-0.4, -0.2) is 34.6 Å². The van der Waals surface area contributed by atoms with Crippen molar-refractivity contribution in [2.75, 3.05) is 17.7 Å². The molecule has 0 saturated carbocycles. The van der Waals surface area contributed by atoms with Crippen LogP contribution in [0.4, 0.5) is 5.13 Å². The van der Waals surface area contributed by atoms with Crippen LogP contribution in [-0.2, 0) is 4.79 Å². The molecule has 1 unspecified atom stereocenters. The van der Waals surface area contributed by atoms with Gasteiger partial charge in [-0.3, -0.25) is 10.1 Å². The lowest BCUT2D eigenvalue weighted by Crippen LogP contribution is -2.40. The highest BCUT2D eigenvalue weighted by molar-refractivity contribution is 8.01. The van der Waals surface area contributed by atoms with Gasteiger partial charge in [-0.25, -0.2) is 0 Å². The third kappa shape index (κ3) is 4.14. The highest BCUT2D eigenvalue weighted by atomic mass is 32.2. The second kappa shape index (κ2) is 7.18. The Morgan fingerprint density at radius 1 is 1.39 bits per heavy atom. The lowest BCUT2D eigenvalue weighted by atomic mass is 10.2. The number of thioether (sulfide) groups is 1. The van der Waals surface area contributed by atoms with Gasteiger partial charge >= 0.3 is 0 Å². The molecule has 1 atom stereocenters. The van der Waals surface area contributed by atoms with Crippen molar-refractivity contribution >= 4 is 34.1 Å². The van der Waals surface area contributed by atoms with Gasteiger partial charge in [-0.05, 0) is 18.1 Å². The maximum absolute atomic E-state index is 12.3. The highest BCUT2D eigenvalue weighted by Gasteiger charge is 2.28. The molecule has 1 aromatic heterocycles. The van der Waals surface area contributed by atoms with Crippen LogP contribution in [0.5, 0.6) is 11.5 Å². The fraction of sp³-hybridized carbons (Fsp3) is 0.400. The summed E-state index contributed by atoms with van der Waals surface area (Å²) in [5.41, 5.74) is 0. The van der Waals surface area contributed by atoms with Crippen molar-refractivity contribution in [1.29, 1.82) is 0 Å². The average Bonchev–Trinajstić information content (AvgIpc) is 3.00. The molecule has 23 heavy (non-hydrogen) atoms. The van der Waals surface area contributed by atoms with Crippen LogP contribution in [0.15, 0.2) is 28.6 Å². The first-order valence-electron chi connectivity index (χ1n) is 7.27. The number of nitrogens with zero attached hydrogens (tertiary/aromatic N) is 2. The molecule has 1 aliphatic heterocycles. The smallest absolute Gasteiger partial charge is 0.270 e. The summed E-state index contributed by atoms with van der Waals surface area (Å²) in [6.07, 6.45) is -0.694. The number of aromatic nitrogens is 2. The first-order valence-corrected chi connectivity index (χ1v) is 9.07. The molecule has 122 valence electrons. The van der Waals surface area contributed by atoms with Crippen molar-refractivity contribution in [3.05, 3.63) is 24.3 Å². The molecule has 0 bridgehead atoms. The Morgan fingerprint density at radius 2 is 2.17 bits per heavy atom. The lowest BCUT2D eigenvalue weighted by molar-refractivity contribution is -0.125. The van der Waals surface area contributed by atoms with Gasteiger partial charge in [0.15, 0.2) is 15.8 Å². The summed E-state index contributed by atoms with van der Waals surface area (Å²) in [6, 6.07) is 7.29. The van der Waals surface area contributed by atoms with Crippen LogP contribution in [0.3, 0.4) is 0 Å². The number of fused-ring (bicyclic) bond motifs is 1. The Balaban J connectivity index is 1.58. The molecular weight excluding hydrogens is 334 g/mol. The van der Waals surface area contributed by atoms with E-state index in [1.54, 1.807) is 17.8 Å². The van der Waals surface area contributed by atoms with E-state index >= 15 is 0 Å². The van der Waals surface area contributed by atoms with E-state index in [-0.39, 0.29) is 12.5 Å². The maximum atomic E-state index is 12.3. The van der Waals surface area contributed by atoms with Gasteiger partial charge < -0.3 is 9.47 Å². The minimum atomic E-state index is -0.694. The van der Waals surface area contributed by atoms with E-state index in [1.807, 2.05) is 18.2 Å². The second-order valence-electron chi connectivity index (χ2n) is 5.43. The van der Waals surface area contributed by atoms with E-state index < -0.39 is 6.10 Å². The molecule has 8 heteroatoms. The van der Waals surface area contributed by atoms with Crippen LogP contribution < -0.4 is 14.8 Å². The molecule has 1 aliphatic rings. The molecule has 0 aliphatic carbocycles. The van der Waals surface area contributed by atoms with Crippen LogP contribution in [0.25, 0.3) is 0 Å². The maximum Gasteiger partial charge on any atom is 0.270 e. The SMILES string of the molecule is CC(C)CSc1nnc(NC(=O)C2COc3ccccc3O2)s1. The van der Waals surface area contributed by atoms with Crippen molar-refractivity contribution < 1.29 is 14.3 Å². The van der Waals surface area contributed by atoms with E-state index in [1.165, 1.54) is 11.3 Å². The predicted octanol–water partition coefficient (Wildman–Crippen LogP) is 3.06. The van der Waals surface area contributed by atoms with Crippen LogP contribution in [0.2, 0.25) is 0 Å². The number of benzene rings is 1. The molecule has 6 nitrogen and oxygen atoms in total. The second-order valence-corrected chi connectivity index (χ2v) is 7.68. The van der Waals surface area contributed by atoms with Crippen molar-refractivity contribution in [3.63, 3.8) is 0 Å². The van der Waals surface area contributed by atoms with Crippen LogP contribution in [0, 0.1) is 5.92 Å². The summed E-state index contributed by atoms with van der Waals surface area (Å²) in [5, 5.41) is 11.3. The summed E-state index contributed by atoms with van der Waals surface area (Å²) >= 11 is 3.01. The Kier molecular flexibility index (Phi) is 5.02. The monoisotopic (exact) mass is 351 g/mol. The largest absolute Gasteiger partial charge is 0.485 e. The number of carbonyl (C=O) groups excluding carboxylic acids is 1. The first-order chi connectivity index (χ1) is 11.1. The summed E-state index contributed by atoms with van der Waals surface area (Å²) in [5.74, 6) is 2.49. The van der Waals surface area contributed by atoms with Gasteiger partial charge in [-0.1, -0.05) is 49.1 Å². The highest BCUT2D eigenvalue weighted by Crippen LogP contribution is 2.31. The molecule has 1 aromatic carbocycles. The van der Waals surface area contributed by atoms with E-state index in [4.69, 9.17) is 9.47 Å². The third-order valence-electron chi connectivity index (χ3n) is 2.98. The number of rotatable bonds is 5. The minimum Gasteiger partial charge on any atom is -0.485 e. The Morgan fingerprint density at radius 3 is 2.96 bits per heavy atom. The quantitative estimate of drug-likeness (QED) is 0.659. The van der Waals surface area contributed by atoms with Crippen LogP contribution in [0.1, 0.15) is 13.8 Å².